The molecule has 0 aromatic carbocycles. The van der Waals surface area contributed by atoms with Gasteiger partial charge in [0.05, 0.1) is 23.8 Å². The Morgan fingerprint density at radius 3 is 2.50 bits per heavy atom. The third kappa shape index (κ3) is 4.13. The summed E-state index contributed by atoms with van der Waals surface area (Å²) in [7, 11) is 1.20. The first-order valence-electron chi connectivity index (χ1n) is 8.55. The van der Waals surface area contributed by atoms with Gasteiger partial charge in [-0.15, -0.1) is 11.3 Å². The average Bonchev–Trinajstić information content (AvgIpc) is 3.19. The number of hydrogen-bond donors (Lipinski definition) is 1. The molecule has 0 fully saturated rings. The van der Waals surface area contributed by atoms with Crippen LogP contribution in [0.3, 0.4) is 0 Å². The number of alkyl halides is 4. The van der Waals surface area contributed by atoms with Gasteiger partial charge >= 0.3 is 5.97 Å². The Balaban J connectivity index is 1.96. The van der Waals surface area contributed by atoms with Crippen LogP contribution in [0, 0.1) is 13.8 Å². The molecule has 3 aromatic heterocycles. The van der Waals surface area contributed by atoms with Crippen molar-refractivity contribution < 1.29 is 31.9 Å². The third-order valence-electron chi connectivity index (χ3n) is 4.19. The molecule has 0 saturated heterocycles. The molecule has 1 N–H and O–H groups in total. The second kappa shape index (κ2) is 8.38. The van der Waals surface area contributed by atoms with Crippen LogP contribution < -0.4 is 5.32 Å². The summed E-state index contributed by atoms with van der Waals surface area (Å²) in [6, 6.07) is 2.19. The van der Waals surface area contributed by atoms with E-state index in [9.17, 15) is 27.2 Å². The number of nitrogens with zero attached hydrogens (tertiary/aromatic N) is 3. The summed E-state index contributed by atoms with van der Waals surface area (Å²) in [5, 5.41) is 6.72. The van der Waals surface area contributed by atoms with Crippen molar-refractivity contribution in [2.75, 3.05) is 12.4 Å². The smallest absolute Gasteiger partial charge is 0.340 e. The van der Waals surface area contributed by atoms with Crippen molar-refractivity contribution in [3.05, 3.63) is 39.5 Å². The number of esters is 1. The monoisotopic (exact) mass is 444 g/mol. The highest BCUT2D eigenvalue weighted by Gasteiger charge is 2.24. The highest BCUT2D eigenvalue weighted by atomic mass is 32.1. The van der Waals surface area contributed by atoms with Crippen molar-refractivity contribution >= 4 is 39.2 Å². The van der Waals surface area contributed by atoms with Crippen LogP contribution in [0.4, 0.5) is 22.6 Å². The number of ether oxygens (including phenoxy) is 1. The number of hydrogen-bond acceptors (Lipinski definition) is 6. The molecule has 0 saturated carbocycles. The van der Waals surface area contributed by atoms with Crippen molar-refractivity contribution in [1.82, 2.24) is 14.8 Å². The fourth-order valence-electron chi connectivity index (χ4n) is 2.97. The van der Waals surface area contributed by atoms with E-state index in [0.717, 1.165) is 20.9 Å². The van der Waals surface area contributed by atoms with Crippen LogP contribution in [-0.4, -0.2) is 33.8 Å². The van der Waals surface area contributed by atoms with Gasteiger partial charge in [0.1, 0.15) is 17.2 Å². The van der Waals surface area contributed by atoms with E-state index in [0.29, 0.717) is 6.07 Å². The van der Waals surface area contributed by atoms with Gasteiger partial charge in [0.25, 0.3) is 12.9 Å². The number of methoxy groups -OCH3 is 1. The van der Waals surface area contributed by atoms with Crippen molar-refractivity contribution in [3.8, 4) is 0 Å². The lowest BCUT2D eigenvalue weighted by atomic mass is 10.1. The number of carbonyl (C=O) groups excluding carboxylic acids is 2. The first kappa shape index (κ1) is 21.7. The molecule has 0 bridgehead atoms. The van der Waals surface area contributed by atoms with Gasteiger partial charge in [-0.2, -0.15) is 5.10 Å². The van der Waals surface area contributed by atoms with Gasteiger partial charge in [0.2, 0.25) is 5.91 Å². The minimum absolute atomic E-state index is 0.0792. The fraction of sp³-hybridized carbons (Fsp3) is 0.333. The lowest BCUT2D eigenvalue weighted by molar-refractivity contribution is -0.116. The Hall–Kier alpha value is -3.02. The van der Waals surface area contributed by atoms with Crippen molar-refractivity contribution in [1.29, 1.82) is 0 Å². The number of aryl methyl sites for hydroxylation is 2. The maximum Gasteiger partial charge on any atom is 0.340 e. The summed E-state index contributed by atoms with van der Waals surface area (Å²) in [5.74, 6) is -1.28. The number of fused-ring (bicyclic) bond motifs is 1. The Morgan fingerprint density at radius 2 is 1.90 bits per heavy atom. The van der Waals surface area contributed by atoms with E-state index in [4.69, 9.17) is 0 Å². The highest BCUT2D eigenvalue weighted by Crippen LogP contribution is 2.33. The molecule has 1 amide bonds. The second-order valence-corrected chi connectivity index (χ2v) is 7.58. The summed E-state index contributed by atoms with van der Waals surface area (Å²) < 4.78 is 58.7. The molecule has 30 heavy (non-hydrogen) atoms. The predicted molar refractivity (Wildman–Crippen MR) is 101 cm³/mol. The maximum absolute atomic E-state index is 13.4. The zero-order valence-corrected chi connectivity index (χ0v) is 16.8. The largest absolute Gasteiger partial charge is 0.465 e. The normalized spacial score (nSPS) is 11.5. The number of pyridine rings is 1. The minimum atomic E-state index is -3.07. The lowest BCUT2D eigenvalue weighted by Crippen LogP contribution is -2.20. The van der Waals surface area contributed by atoms with Gasteiger partial charge in [0, 0.05) is 10.4 Å². The van der Waals surface area contributed by atoms with Crippen LogP contribution in [0.25, 0.3) is 11.0 Å². The van der Waals surface area contributed by atoms with Gasteiger partial charge in [0.15, 0.2) is 5.65 Å². The van der Waals surface area contributed by atoms with Crippen LogP contribution in [-0.2, 0) is 16.1 Å². The van der Waals surface area contributed by atoms with Crippen molar-refractivity contribution in [2.45, 2.75) is 33.2 Å². The van der Waals surface area contributed by atoms with Crippen LogP contribution in [0.15, 0.2) is 12.1 Å². The quantitative estimate of drug-likeness (QED) is 0.450. The number of thiophene rings is 1. The van der Waals surface area contributed by atoms with Crippen LogP contribution in [0.5, 0.6) is 0 Å². The summed E-state index contributed by atoms with van der Waals surface area (Å²) in [6.45, 7) is 2.67. The molecule has 0 radical (unpaired) electrons. The predicted octanol–water partition coefficient (Wildman–Crippen LogP) is 4.41. The van der Waals surface area contributed by atoms with Crippen LogP contribution >= 0.6 is 11.3 Å². The maximum atomic E-state index is 13.4. The van der Waals surface area contributed by atoms with E-state index < -0.39 is 42.5 Å². The Bertz CT molecular complexity index is 1130. The zero-order chi connectivity index (χ0) is 22.2. The highest BCUT2D eigenvalue weighted by molar-refractivity contribution is 7.16. The number of amides is 1. The third-order valence-corrected chi connectivity index (χ3v) is 5.16. The molecule has 0 unspecified atom stereocenters. The molecule has 12 heteroatoms. The fourth-order valence-corrected chi connectivity index (χ4v) is 3.89. The van der Waals surface area contributed by atoms with Gasteiger partial charge in [-0.25, -0.2) is 32.0 Å². The standard InChI is InChI=1S/C18H16F4N4O3S/c1-7-4-10(18(28)29-3)17(30-7)24-12(27)6-26-16-13(8(2)25-26)9(14(19)20)5-11(23-16)15(21)22/h4-5,14-15H,6H2,1-3H3,(H,24,27). The molecule has 160 valence electrons. The van der Waals surface area contributed by atoms with Gasteiger partial charge in [-0.3, -0.25) is 4.79 Å². The Kier molecular flexibility index (Phi) is 6.06. The lowest BCUT2D eigenvalue weighted by Gasteiger charge is -2.08. The molecule has 3 heterocycles. The summed E-state index contributed by atoms with van der Waals surface area (Å²) in [4.78, 5) is 28.8. The molecule has 0 atom stereocenters. The van der Waals surface area contributed by atoms with Gasteiger partial charge in [-0.05, 0) is 26.0 Å². The van der Waals surface area contributed by atoms with E-state index in [-0.39, 0.29) is 27.3 Å². The zero-order valence-electron chi connectivity index (χ0n) is 16.0. The molecule has 0 aliphatic heterocycles. The molecular weight excluding hydrogens is 428 g/mol. The van der Waals surface area contributed by atoms with E-state index in [1.165, 1.54) is 14.0 Å². The van der Waals surface area contributed by atoms with Gasteiger partial charge in [-0.1, -0.05) is 0 Å². The molecule has 3 aromatic rings. The summed E-state index contributed by atoms with van der Waals surface area (Å²) in [6.07, 6.45) is -6.09. The van der Waals surface area contributed by atoms with Crippen molar-refractivity contribution in [2.24, 2.45) is 0 Å². The van der Waals surface area contributed by atoms with Gasteiger partial charge < -0.3 is 10.1 Å². The second-order valence-electron chi connectivity index (χ2n) is 6.32. The molecule has 3 rings (SSSR count). The molecular formula is C18H16F4N4O3S. The first-order valence-corrected chi connectivity index (χ1v) is 9.36. The Morgan fingerprint density at radius 1 is 1.20 bits per heavy atom. The number of halogens is 4. The van der Waals surface area contributed by atoms with E-state index in [2.05, 4.69) is 20.1 Å². The SMILES string of the molecule is COC(=O)c1cc(C)sc1NC(=O)Cn1nc(C)c2c(C(F)F)cc(C(F)F)nc21. The van der Waals surface area contributed by atoms with E-state index >= 15 is 0 Å². The summed E-state index contributed by atoms with van der Waals surface area (Å²) in [5.41, 5.74) is -1.41. The first-order chi connectivity index (χ1) is 14.1. The molecule has 7 nitrogen and oxygen atoms in total. The average molecular weight is 444 g/mol. The Labute approximate surface area is 171 Å². The molecule has 0 spiro atoms. The minimum Gasteiger partial charge on any atom is -0.465 e. The molecule has 0 aliphatic rings. The summed E-state index contributed by atoms with van der Waals surface area (Å²) >= 11 is 1.14. The number of nitrogens with one attached hydrogen (secondary N) is 1. The van der Waals surface area contributed by atoms with Crippen molar-refractivity contribution in [3.63, 3.8) is 0 Å². The van der Waals surface area contributed by atoms with Crippen LogP contribution in [0.2, 0.25) is 0 Å². The van der Waals surface area contributed by atoms with E-state index in [1.807, 2.05) is 0 Å². The number of aromatic nitrogens is 3. The van der Waals surface area contributed by atoms with E-state index in [1.54, 1.807) is 13.0 Å². The topological polar surface area (TPSA) is 86.1 Å². The number of anilines is 1. The van der Waals surface area contributed by atoms with Crippen LogP contribution in [0.1, 0.15) is 45.0 Å². The molecule has 0 aliphatic carbocycles. The number of carbonyl (C=O) groups is 2. The number of rotatable bonds is 6.